The van der Waals surface area contributed by atoms with Crippen molar-refractivity contribution in [3.05, 3.63) is 60.4 Å². The summed E-state index contributed by atoms with van der Waals surface area (Å²) in [5, 5.41) is 3.36. The minimum Gasteiger partial charge on any atom is -0.331 e. The molecule has 3 N–H and O–H groups in total. The molecule has 0 atom stereocenters. The fraction of sp³-hybridized carbons (Fsp3) is 0.211. The zero-order chi connectivity index (χ0) is 18.5. The number of carbonyl (C=O) groups excluding carboxylic acids is 1. The molecule has 0 saturated carbocycles. The summed E-state index contributed by atoms with van der Waals surface area (Å²) in [5.41, 5.74) is 9.20. The maximum absolute atomic E-state index is 12.1. The average molecular weight is 367 g/mol. The molecule has 0 aliphatic carbocycles. The third-order valence-electron chi connectivity index (χ3n) is 3.99. The summed E-state index contributed by atoms with van der Waals surface area (Å²) in [4.78, 5) is 16.4. The number of imidazole rings is 1. The van der Waals surface area contributed by atoms with Gasteiger partial charge in [0.15, 0.2) is 5.11 Å². The Labute approximate surface area is 157 Å². The first-order valence-electron chi connectivity index (χ1n) is 8.38. The molecule has 0 unspecified atom stereocenters. The van der Waals surface area contributed by atoms with Gasteiger partial charge in [-0.2, -0.15) is 0 Å². The summed E-state index contributed by atoms with van der Waals surface area (Å²) in [6.07, 6.45) is 1.65. The van der Waals surface area contributed by atoms with E-state index in [0.717, 1.165) is 16.7 Å². The standard InChI is InChI=1S/C19H21N5OS/c1-13(2)14-7-9-15(10-8-14)21-19(26)23-22-18(25)11-24-12-20-16-5-3-4-6-17(16)24/h3-10,12-13H,11H2,1-2H3,(H,22,25)(H2,21,23,26). The molecule has 0 radical (unpaired) electrons. The Kier molecular flexibility index (Phi) is 5.48. The van der Waals surface area contributed by atoms with Crippen LogP contribution in [0.3, 0.4) is 0 Å². The second-order valence-electron chi connectivity index (χ2n) is 6.27. The van der Waals surface area contributed by atoms with Gasteiger partial charge in [0.1, 0.15) is 6.54 Å². The number of benzene rings is 2. The highest BCUT2D eigenvalue weighted by atomic mass is 32.1. The predicted octanol–water partition coefficient (Wildman–Crippen LogP) is 3.18. The van der Waals surface area contributed by atoms with Gasteiger partial charge in [-0.05, 0) is 48.0 Å². The second kappa shape index (κ2) is 7.97. The Morgan fingerprint density at radius 2 is 1.85 bits per heavy atom. The number of hydrogen-bond donors (Lipinski definition) is 3. The fourth-order valence-electron chi connectivity index (χ4n) is 2.57. The van der Waals surface area contributed by atoms with Crippen LogP contribution in [0.4, 0.5) is 5.69 Å². The van der Waals surface area contributed by atoms with E-state index >= 15 is 0 Å². The van der Waals surface area contributed by atoms with Crippen molar-refractivity contribution in [1.82, 2.24) is 20.4 Å². The van der Waals surface area contributed by atoms with Crippen molar-refractivity contribution >= 4 is 40.0 Å². The molecule has 0 spiro atoms. The van der Waals surface area contributed by atoms with Crippen molar-refractivity contribution in [3.63, 3.8) is 0 Å². The van der Waals surface area contributed by atoms with Crippen molar-refractivity contribution in [2.75, 3.05) is 5.32 Å². The molecule has 1 heterocycles. The molecule has 0 bridgehead atoms. The van der Waals surface area contributed by atoms with E-state index < -0.39 is 0 Å². The lowest BCUT2D eigenvalue weighted by atomic mass is 10.0. The van der Waals surface area contributed by atoms with Crippen LogP contribution in [0.5, 0.6) is 0 Å². The van der Waals surface area contributed by atoms with Crippen LogP contribution in [0.2, 0.25) is 0 Å². The van der Waals surface area contributed by atoms with Crippen LogP contribution in [0.1, 0.15) is 25.3 Å². The van der Waals surface area contributed by atoms with Gasteiger partial charge < -0.3 is 9.88 Å². The van der Waals surface area contributed by atoms with Gasteiger partial charge in [0.2, 0.25) is 0 Å². The number of fused-ring (bicyclic) bond motifs is 1. The van der Waals surface area contributed by atoms with Crippen LogP contribution in [0.15, 0.2) is 54.9 Å². The first-order chi connectivity index (χ1) is 12.5. The smallest absolute Gasteiger partial charge is 0.258 e. The maximum Gasteiger partial charge on any atom is 0.258 e. The van der Waals surface area contributed by atoms with Gasteiger partial charge >= 0.3 is 0 Å². The Morgan fingerprint density at radius 3 is 2.58 bits per heavy atom. The molecule has 0 fully saturated rings. The lowest BCUT2D eigenvalue weighted by Crippen LogP contribution is -2.45. The molecule has 3 aromatic rings. The molecule has 2 aromatic carbocycles. The summed E-state index contributed by atoms with van der Waals surface area (Å²) in [5.74, 6) is 0.264. The average Bonchev–Trinajstić information content (AvgIpc) is 3.03. The summed E-state index contributed by atoms with van der Waals surface area (Å²) in [6, 6.07) is 15.7. The van der Waals surface area contributed by atoms with E-state index in [9.17, 15) is 4.79 Å². The van der Waals surface area contributed by atoms with Gasteiger partial charge in [-0.1, -0.05) is 38.1 Å². The van der Waals surface area contributed by atoms with Crippen molar-refractivity contribution < 1.29 is 4.79 Å². The van der Waals surface area contributed by atoms with Crippen molar-refractivity contribution in [2.24, 2.45) is 0 Å². The zero-order valence-corrected chi connectivity index (χ0v) is 15.5. The van der Waals surface area contributed by atoms with Crippen molar-refractivity contribution in [2.45, 2.75) is 26.3 Å². The minimum absolute atomic E-state index is 0.152. The highest BCUT2D eigenvalue weighted by molar-refractivity contribution is 7.80. The lowest BCUT2D eigenvalue weighted by molar-refractivity contribution is -0.122. The number of nitrogens with zero attached hydrogens (tertiary/aromatic N) is 2. The Morgan fingerprint density at radius 1 is 1.12 bits per heavy atom. The van der Waals surface area contributed by atoms with Crippen molar-refractivity contribution in [1.29, 1.82) is 0 Å². The number of amides is 1. The highest BCUT2D eigenvalue weighted by Gasteiger charge is 2.07. The largest absolute Gasteiger partial charge is 0.331 e. The fourth-order valence-corrected chi connectivity index (χ4v) is 2.74. The molecule has 0 aliphatic heterocycles. The van der Waals surface area contributed by atoms with E-state index in [1.165, 1.54) is 5.56 Å². The van der Waals surface area contributed by atoms with Gasteiger partial charge in [-0.15, -0.1) is 0 Å². The monoisotopic (exact) mass is 367 g/mol. The van der Waals surface area contributed by atoms with Crippen molar-refractivity contribution in [3.8, 4) is 0 Å². The normalized spacial score (nSPS) is 10.7. The molecule has 7 heteroatoms. The van der Waals surface area contributed by atoms with E-state index in [1.54, 1.807) is 10.9 Å². The van der Waals surface area contributed by atoms with Crippen LogP contribution in [0.25, 0.3) is 11.0 Å². The molecule has 6 nitrogen and oxygen atoms in total. The molecular formula is C19H21N5OS. The van der Waals surface area contributed by atoms with Crippen LogP contribution in [0, 0.1) is 0 Å². The number of thiocarbonyl (C=S) groups is 1. The number of nitrogens with one attached hydrogen (secondary N) is 3. The van der Waals surface area contributed by atoms with Gasteiger partial charge in [-0.25, -0.2) is 4.98 Å². The quantitative estimate of drug-likeness (QED) is 0.488. The SMILES string of the molecule is CC(C)c1ccc(NC(=S)NNC(=O)Cn2cnc3ccccc32)cc1. The van der Waals surface area contributed by atoms with Crippen LogP contribution in [-0.4, -0.2) is 20.6 Å². The number of carbonyl (C=O) groups is 1. The van der Waals surface area contributed by atoms with E-state index in [4.69, 9.17) is 12.2 Å². The number of para-hydroxylation sites is 2. The lowest BCUT2D eigenvalue weighted by Gasteiger charge is -2.13. The third kappa shape index (κ3) is 4.37. The number of hydrogen-bond acceptors (Lipinski definition) is 3. The summed E-state index contributed by atoms with van der Waals surface area (Å²) in [6.45, 7) is 4.44. The third-order valence-corrected chi connectivity index (χ3v) is 4.20. The van der Waals surface area contributed by atoms with E-state index in [-0.39, 0.29) is 12.5 Å². The molecule has 3 rings (SSSR count). The number of hydrazine groups is 1. The molecule has 134 valence electrons. The summed E-state index contributed by atoms with van der Waals surface area (Å²) >= 11 is 5.21. The van der Waals surface area contributed by atoms with E-state index in [2.05, 4.69) is 47.1 Å². The second-order valence-corrected chi connectivity index (χ2v) is 6.67. The maximum atomic E-state index is 12.1. The predicted molar refractivity (Wildman–Crippen MR) is 108 cm³/mol. The van der Waals surface area contributed by atoms with Crippen LogP contribution in [-0.2, 0) is 11.3 Å². The number of rotatable bonds is 4. The Bertz CT molecular complexity index is 917. The molecule has 0 saturated heterocycles. The zero-order valence-electron chi connectivity index (χ0n) is 14.7. The minimum atomic E-state index is -0.215. The van der Waals surface area contributed by atoms with Crippen LogP contribution < -0.4 is 16.2 Å². The van der Waals surface area contributed by atoms with Gasteiger partial charge in [0, 0.05) is 5.69 Å². The first-order valence-corrected chi connectivity index (χ1v) is 8.79. The van der Waals surface area contributed by atoms with Gasteiger partial charge in [-0.3, -0.25) is 15.6 Å². The molecule has 1 amide bonds. The highest BCUT2D eigenvalue weighted by Crippen LogP contribution is 2.17. The number of anilines is 1. The molecule has 26 heavy (non-hydrogen) atoms. The summed E-state index contributed by atoms with van der Waals surface area (Å²) < 4.78 is 1.79. The molecule has 0 aliphatic rings. The Balaban J connectivity index is 1.50. The first kappa shape index (κ1) is 17.9. The van der Waals surface area contributed by atoms with Gasteiger partial charge in [0.05, 0.1) is 17.4 Å². The van der Waals surface area contributed by atoms with Gasteiger partial charge in [0.25, 0.3) is 5.91 Å². The Hall–Kier alpha value is -2.93. The van der Waals surface area contributed by atoms with Crippen LogP contribution >= 0.6 is 12.2 Å². The molecular weight excluding hydrogens is 346 g/mol. The van der Waals surface area contributed by atoms with E-state index in [0.29, 0.717) is 11.0 Å². The van der Waals surface area contributed by atoms with E-state index in [1.807, 2.05) is 36.4 Å². The molecule has 1 aromatic heterocycles. The number of aromatic nitrogens is 2. The topological polar surface area (TPSA) is 71.0 Å². The summed E-state index contributed by atoms with van der Waals surface area (Å²) in [7, 11) is 0.